The van der Waals surface area contributed by atoms with E-state index in [2.05, 4.69) is 44.4 Å². The summed E-state index contributed by atoms with van der Waals surface area (Å²) in [6, 6.07) is 27.3. The van der Waals surface area contributed by atoms with E-state index in [0.717, 1.165) is 38.5 Å². The molecule has 0 saturated heterocycles. The minimum Gasteiger partial charge on any atom is -0.486 e. The van der Waals surface area contributed by atoms with E-state index in [1.807, 2.05) is 12.1 Å². The van der Waals surface area contributed by atoms with Gasteiger partial charge in [-0.15, -0.1) is 0 Å². The average molecular weight is 973 g/mol. The number of benzene rings is 4. The Balaban J connectivity index is 0.657. The summed E-state index contributed by atoms with van der Waals surface area (Å²) in [4.78, 5) is 25.4. The van der Waals surface area contributed by atoms with Crippen LogP contribution in [-0.4, -0.2) is 114 Å². The monoisotopic (exact) mass is 972 g/mol. The number of fused-ring (bicyclic) bond motifs is 2. The minimum absolute atomic E-state index is 0.00851. The highest BCUT2D eigenvalue weighted by molar-refractivity contribution is 7.89. The lowest BCUT2D eigenvalue weighted by Crippen LogP contribution is -2.29. The fourth-order valence-corrected chi connectivity index (χ4v) is 10.0. The van der Waals surface area contributed by atoms with Crippen molar-refractivity contribution < 1.29 is 54.8 Å². The zero-order chi connectivity index (χ0) is 47.6. The Morgan fingerprint density at radius 3 is 1.49 bits per heavy atom. The van der Waals surface area contributed by atoms with Gasteiger partial charge in [0.15, 0.2) is 0 Å². The number of amides is 2. The standard InChI is InChI=1S/C50H60N4O12S2/c55-49(51-25-29-61-33-35-63-31-27-53-67(57,58)43-19-15-41(16-20-43)65-47-23-13-37-5-1-3-7-45(37)47)39-9-11-40(12-10-39)50(56)52-26-30-62-34-36-64-32-28-54-68(59,60)44-21-17-42(18-22-44)66-48-24-14-38-6-2-4-8-46(38)48/h1,3,5-12,15-22,47-48,53-54H,2,4,13-14,23-36H2,(H,51,55)(H,52,56)/t47-,48-/m1/s1. The molecule has 16 nitrogen and oxygen atoms in total. The van der Waals surface area contributed by atoms with E-state index in [4.69, 9.17) is 28.4 Å². The number of hydrogen-bond acceptors (Lipinski definition) is 12. The fourth-order valence-electron chi connectivity index (χ4n) is 8.02. The molecule has 0 heterocycles. The zero-order valence-electron chi connectivity index (χ0n) is 38.0. The van der Waals surface area contributed by atoms with Crippen molar-refractivity contribution in [3.05, 3.63) is 143 Å². The van der Waals surface area contributed by atoms with Crippen LogP contribution in [0.25, 0.3) is 0 Å². The van der Waals surface area contributed by atoms with Gasteiger partial charge >= 0.3 is 0 Å². The Kier molecular flexibility index (Phi) is 18.7. The Morgan fingerprint density at radius 1 is 0.500 bits per heavy atom. The largest absolute Gasteiger partial charge is 0.486 e. The third kappa shape index (κ3) is 14.8. The quantitative estimate of drug-likeness (QED) is 0.0527. The second-order valence-corrected chi connectivity index (χ2v) is 19.8. The van der Waals surface area contributed by atoms with Crippen LogP contribution in [0.1, 0.15) is 70.1 Å². The normalized spacial score (nSPS) is 16.6. The molecule has 3 aliphatic rings. The third-order valence-corrected chi connectivity index (χ3v) is 14.5. The van der Waals surface area contributed by atoms with Crippen LogP contribution in [0.2, 0.25) is 0 Å². The predicted octanol–water partition coefficient (Wildman–Crippen LogP) is 5.42. The van der Waals surface area contributed by atoms with E-state index in [0.29, 0.717) is 22.6 Å². The van der Waals surface area contributed by atoms with Crippen molar-refractivity contribution in [1.82, 2.24) is 20.1 Å². The molecule has 0 spiro atoms. The summed E-state index contributed by atoms with van der Waals surface area (Å²) in [6.45, 7) is 2.53. The van der Waals surface area contributed by atoms with E-state index in [1.54, 1.807) is 48.5 Å². The molecule has 4 N–H and O–H groups in total. The lowest BCUT2D eigenvalue weighted by Gasteiger charge is -2.17. The molecule has 68 heavy (non-hydrogen) atoms. The first kappa shape index (κ1) is 50.4. The number of aryl methyl sites for hydroxylation is 1. The van der Waals surface area contributed by atoms with Crippen LogP contribution in [-0.2, 0) is 45.4 Å². The smallest absolute Gasteiger partial charge is 0.251 e. The number of hydrogen-bond donors (Lipinski definition) is 4. The molecule has 2 amide bonds. The second kappa shape index (κ2) is 25.2. The number of sulfonamides is 2. The lowest BCUT2D eigenvalue weighted by atomic mass is 10.00. The van der Waals surface area contributed by atoms with Crippen LogP contribution in [0.5, 0.6) is 11.5 Å². The second-order valence-electron chi connectivity index (χ2n) is 16.2. The molecule has 1 saturated carbocycles. The molecule has 7 rings (SSSR count). The summed E-state index contributed by atoms with van der Waals surface area (Å²) < 4.78 is 90.3. The summed E-state index contributed by atoms with van der Waals surface area (Å²) in [7, 11) is -7.43. The summed E-state index contributed by atoms with van der Waals surface area (Å²) >= 11 is 0. The van der Waals surface area contributed by atoms with E-state index in [9.17, 15) is 26.4 Å². The van der Waals surface area contributed by atoms with Gasteiger partial charge < -0.3 is 39.1 Å². The summed E-state index contributed by atoms with van der Waals surface area (Å²) in [5.41, 5.74) is 5.85. The molecule has 3 aliphatic carbocycles. The van der Waals surface area contributed by atoms with Gasteiger partial charge in [-0.1, -0.05) is 36.4 Å². The average Bonchev–Trinajstić information content (AvgIpc) is 3.96. The molecule has 4 aromatic carbocycles. The van der Waals surface area contributed by atoms with Crippen molar-refractivity contribution in [1.29, 1.82) is 0 Å². The highest BCUT2D eigenvalue weighted by atomic mass is 32.2. The van der Waals surface area contributed by atoms with Gasteiger partial charge in [-0.05, 0) is 134 Å². The van der Waals surface area contributed by atoms with Gasteiger partial charge in [0.25, 0.3) is 11.8 Å². The van der Waals surface area contributed by atoms with E-state index in [1.165, 1.54) is 46.5 Å². The third-order valence-electron chi connectivity index (χ3n) is 11.5. The molecule has 4 aromatic rings. The predicted molar refractivity (Wildman–Crippen MR) is 255 cm³/mol. The summed E-state index contributed by atoms with van der Waals surface area (Å²) in [5.74, 6) is 0.619. The number of allylic oxidation sites excluding steroid dienone is 2. The fraction of sp³-hybridized carbons (Fsp3) is 0.400. The van der Waals surface area contributed by atoms with Crippen molar-refractivity contribution in [2.75, 3.05) is 79.0 Å². The Morgan fingerprint density at radius 2 is 0.956 bits per heavy atom. The first-order chi connectivity index (χ1) is 33.1. The summed E-state index contributed by atoms with van der Waals surface area (Å²) in [6.07, 6.45) is 10.4. The lowest BCUT2D eigenvalue weighted by molar-refractivity contribution is 0.0503. The first-order valence-electron chi connectivity index (χ1n) is 23.0. The van der Waals surface area contributed by atoms with Crippen LogP contribution in [0.15, 0.2) is 130 Å². The van der Waals surface area contributed by atoms with Gasteiger partial charge in [0, 0.05) is 37.3 Å². The number of nitrogens with one attached hydrogen (secondary N) is 4. The van der Waals surface area contributed by atoms with Gasteiger partial charge in [0.2, 0.25) is 20.0 Å². The highest BCUT2D eigenvalue weighted by Crippen LogP contribution is 2.37. The Labute approximate surface area is 398 Å². The van der Waals surface area contributed by atoms with Crippen LogP contribution in [0.3, 0.4) is 0 Å². The molecule has 0 unspecified atom stereocenters. The molecule has 0 aliphatic heterocycles. The van der Waals surface area contributed by atoms with Crippen LogP contribution in [0.4, 0.5) is 0 Å². The van der Waals surface area contributed by atoms with E-state index >= 15 is 0 Å². The molecular weight excluding hydrogens is 913 g/mol. The van der Waals surface area contributed by atoms with Crippen molar-refractivity contribution >= 4 is 31.9 Å². The molecule has 364 valence electrons. The molecule has 2 atom stereocenters. The number of rotatable bonds is 28. The van der Waals surface area contributed by atoms with E-state index < -0.39 is 20.0 Å². The Bertz CT molecular complexity index is 2570. The number of ether oxygens (including phenoxy) is 6. The van der Waals surface area contributed by atoms with Gasteiger partial charge in [-0.3, -0.25) is 9.59 Å². The molecule has 0 aromatic heterocycles. The number of carbonyl (C=O) groups is 2. The minimum atomic E-state index is -3.72. The molecule has 18 heteroatoms. The van der Waals surface area contributed by atoms with E-state index in [-0.39, 0.29) is 113 Å². The van der Waals surface area contributed by atoms with Crippen molar-refractivity contribution in [3.63, 3.8) is 0 Å². The zero-order valence-corrected chi connectivity index (χ0v) is 39.6. The molecule has 0 radical (unpaired) electrons. The van der Waals surface area contributed by atoms with Gasteiger partial charge in [-0.2, -0.15) is 0 Å². The number of carbonyl (C=O) groups excluding carboxylic acids is 2. The Hall–Kier alpha value is -5.44. The summed E-state index contributed by atoms with van der Waals surface area (Å²) in [5, 5.41) is 5.53. The van der Waals surface area contributed by atoms with Crippen molar-refractivity contribution in [3.8, 4) is 11.5 Å². The first-order valence-corrected chi connectivity index (χ1v) is 26.0. The molecule has 0 bridgehead atoms. The topological polar surface area (TPSA) is 206 Å². The van der Waals surface area contributed by atoms with Gasteiger partial charge in [0.05, 0.1) is 62.6 Å². The van der Waals surface area contributed by atoms with Crippen LogP contribution >= 0.6 is 0 Å². The SMILES string of the molecule is O=C(NCCOCCOCCNS(=O)(=O)c1ccc(O[C@@H]2CCC3=CCCC=C32)cc1)c1ccc(C(=O)NCCOCCOCCNS(=O)(=O)c2ccc(O[C@@H]3CCc4ccccc43)cc2)cc1. The molecular formula is C50H60N4O12S2. The van der Waals surface area contributed by atoms with Crippen LogP contribution < -0.4 is 29.6 Å². The van der Waals surface area contributed by atoms with Gasteiger partial charge in [-0.25, -0.2) is 26.3 Å². The maximum absolute atomic E-state index is 12.7. The van der Waals surface area contributed by atoms with Crippen molar-refractivity contribution in [2.24, 2.45) is 0 Å². The van der Waals surface area contributed by atoms with Gasteiger partial charge in [0.1, 0.15) is 23.7 Å². The maximum atomic E-state index is 12.7. The van der Waals surface area contributed by atoms with Crippen molar-refractivity contribution in [2.45, 2.75) is 60.5 Å². The molecule has 1 fully saturated rings. The maximum Gasteiger partial charge on any atom is 0.251 e. The highest BCUT2D eigenvalue weighted by Gasteiger charge is 2.28. The van der Waals surface area contributed by atoms with Crippen LogP contribution in [0, 0.1) is 0 Å².